The maximum absolute atomic E-state index is 13.7. The minimum absolute atomic E-state index is 0.154. The summed E-state index contributed by atoms with van der Waals surface area (Å²) in [5.41, 5.74) is 1.53. The average molecular weight is 523 g/mol. The van der Waals surface area contributed by atoms with E-state index < -0.39 is 23.8 Å². The van der Waals surface area contributed by atoms with Crippen LogP contribution in [0.4, 0.5) is 29.3 Å². The van der Waals surface area contributed by atoms with Gasteiger partial charge in [-0.3, -0.25) is 4.90 Å². The first kappa shape index (κ1) is 25.7. The predicted octanol–water partition coefficient (Wildman–Crippen LogP) is 5.57. The summed E-state index contributed by atoms with van der Waals surface area (Å²) < 4.78 is 46.2. The normalized spacial score (nSPS) is 16.6. The zero-order valence-electron chi connectivity index (χ0n) is 20.0. The SMILES string of the molecule is CCOC(=O)N1c2ccc(C(F)(F)F)cc2N(CC(c2ccc(Cl)c(C)c2)c2nn[nH]n2)CC1CC. The molecule has 192 valence electrons. The molecular formula is C24H26ClF3N6O2. The number of fused-ring (bicyclic) bond motifs is 1. The molecule has 0 saturated carbocycles. The fourth-order valence-corrected chi connectivity index (χ4v) is 4.59. The number of carbonyl (C=O) groups is 1. The summed E-state index contributed by atoms with van der Waals surface area (Å²) in [5.74, 6) is -0.0279. The maximum atomic E-state index is 13.7. The van der Waals surface area contributed by atoms with E-state index in [1.165, 1.54) is 11.0 Å². The van der Waals surface area contributed by atoms with Crippen LogP contribution in [0.25, 0.3) is 0 Å². The summed E-state index contributed by atoms with van der Waals surface area (Å²) in [6, 6.07) is 8.60. The highest BCUT2D eigenvalue weighted by Gasteiger charge is 2.39. The molecule has 2 heterocycles. The molecule has 1 aliphatic rings. The summed E-state index contributed by atoms with van der Waals surface area (Å²) >= 11 is 6.22. The van der Waals surface area contributed by atoms with Gasteiger partial charge in [-0.15, -0.1) is 10.2 Å². The van der Waals surface area contributed by atoms with Crippen LogP contribution in [0.3, 0.4) is 0 Å². The number of hydrogen-bond donors (Lipinski definition) is 1. The van der Waals surface area contributed by atoms with Gasteiger partial charge in [-0.1, -0.05) is 35.9 Å². The van der Waals surface area contributed by atoms with Crippen LogP contribution in [-0.4, -0.2) is 52.5 Å². The zero-order valence-corrected chi connectivity index (χ0v) is 20.8. The standard InChI is InChI=1S/C24H26ClF3N6O2/c1-4-17-12-33(13-18(22-29-31-32-30-22)15-6-8-19(25)14(3)10-15)21-11-16(24(26,27)28)7-9-20(21)34(17)23(35)36-5-2/h6-11,17-18H,4-5,12-13H2,1-3H3,(H,29,30,31,32). The summed E-state index contributed by atoms with van der Waals surface area (Å²) in [4.78, 5) is 16.1. The first-order valence-electron chi connectivity index (χ1n) is 11.6. The third-order valence-corrected chi connectivity index (χ3v) is 6.72. The quantitative estimate of drug-likeness (QED) is 0.455. The van der Waals surface area contributed by atoms with Gasteiger partial charge < -0.3 is 9.64 Å². The van der Waals surface area contributed by atoms with Crippen LogP contribution in [0, 0.1) is 6.92 Å². The average Bonchev–Trinajstić information content (AvgIpc) is 3.37. The first-order valence-corrected chi connectivity index (χ1v) is 11.9. The number of carbonyl (C=O) groups excluding carboxylic acids is 1. The second kappa shape index (κ2) is 10.3. The Hall–Kier alpha value is -3.34. The summed E-state index contributed by atoms with van der Waals surface area (Å²) in [6.45, 7) is 6.18. The topological polar surface area (TPSA) is 87.2 Å². The predicted molar refractivity (Wildman–Crippen MR) is 129 cm³/mol. The summed E-state index contributed by atoms with van der Waals surface area (Å²) in [5, 5.41) is 15.0. The van der Waals surface area contributed by atoms with Gasteiger partial charge in [-0.25, -0.2) is 4.79 Å². The fraction of sp³-hybridized carbons (Fsp3) is 0.417. The van der Waals surface area contributed by atoms with E-state index in [2.05, 4.69) is 20.6 Å². The zero-order chi connectivity index (χ0) is 26.0. The molecule has 2 aromatic carbocycles. The number of tetrazole rings is 1. The minimum atomic E-state index is -4.54. The molecule has 12 heteroatoms. The van der Waals surface area contributed by atoms with Gasteiger partial charge in [0.1, 0.15) is 0 Å². The van der Waals surface area contributed by atoms with Crippen LogP contribution in [0.15, 0.2) is 36.4 Å². The second-order valence-electron chi connectivity index (χ2n) is 8.57. The molecular weight excluding hydrogens is 497 g/mol. The van der Waals surface area contributed by atoms with Crippen LogP contribution in [0.1, 0.15) is 48.7 Å². The molecule has 0 saturated heterocycles. The molecule has 0 spiro atoms. The molecule has 1 aliphatic heterocycles. The number of alkyl halides is 3. The number of rotatable bonds is 6. The van der Waals surface area contributed by atoms with Gasteiger partial charge in [0.05, 0.1) is 35.5 Å². The van der Waals surface area contributed by atoms with Crippen molar-refractivity contribution in [2.24, 2.45) is 0 Å². The van der Waals surface area contributed by atoms with Crippen molar-refractivity contribution in [3.05, 3.63) is 63.9 Å². The molecule has 0 aliphatic carbocycles. The number of ether oxygens (including phenoxy) is 1. The molecule has 2 atom stereocenters. The largest absolute Gasteiger partial charge is 0.449 e. The van der Waals surface area contributed by atoms with Crippen LogP contribution >= 0.6 is 11.6 Å². The van der Waals surface area contributed by atoms with Gasteiger partial charge in [-0.2, -0.15) is 18.4 Å². The van der Waals surface area contributed by atoms with E-state index >= 15 is 0 Å². The minimum Gasteiger partial charge on any atom is -0.449 e. The van der Waals surface area contributed by atoms with Gasteiger partial charge in [0.15, 0.2) is 5.82 Å². The lowest BCUT2D eigenvalue weighted by atomic mass is 9.94. The van der Waals surface area contributed by atoms with E-state index in [0.717, 1.165) is 23.3 Å². The monoisotopic (exact) mass is 522 g/mol. The Kier molecular flexibility index (Phi) is 7.39. The molecule has 0 fully saturated rings. The van der Waals surface area contributed by atoms with Crippen molar-refractivity contribution in [2.75, 3.05) is 29.5 Å². The molecule has 1 amide bonds. The van der Waals surface area contributed by atoms with Crippen LogP contribution < -0.4 is 9.80 Å². The van der Waals surface area contributed by atoms with Crippen molar-refractivity contribution in [1.82, 2.24) is 20.6 Å². The van der Waals surface area contributed by atoms with E-state index in [4.69, 9.17) is 16.3 Å². The highest BCUT2D eigenvalue weighted by Crippen LogP contribution is 2.42. The lowest BCUT2D eigenvalue weighted by molar-refractivity contribution is -0.137. The molecule has 0 radical (unpaired) electrons. The number of H-pyrrole nitrogens is 1. The number of hydrogen-bond acceptors (Lipinski definition) is 6. The maximum Gasteiger partial charge on any atom is 0.416 e. The number of halogens is 4. The van der Waals surface area contributed by atoms with Crippen molar-refractivity contribution in [1.29, 1.82) is 0 Å². The highest BCUT2D eigenvalue weighted by atomic mass is 35.5. The number of amides is 1. The van der Waals surface area contributed by atoms with Crippen LogP contribution in [0.2, 0.25) is 5.02 Å². The number of nitrogens with one attached hydrogen (secondary N) is 1. The van der Waals surface area contributed by atoms with Gasteiger partial charge in [0.2, 0.25) is 0 Å². The Balaban J connectivity index is 1.82. The number of aryl methyl sites for hydroxylation is 1. The lowest BCUT2D eigenvalue weighted by Crippen LogP contribution is -2.52. The van der Waals surface area contributed by atoms with Crippen molar-refractivity contribution in [2.45, 2.75) is 45.3 Å². The van der Waals surface area contributed by atoms with E-state index in [-0.39, 0.29) is 24.9 Å². The highest BCUT2D eigenvalue weighted by molar-refractivity contribution is 6.31. The molecule has 36 heavy (non-hydrogen) atoms. The van der Waals surface area contributed by atoms with Crippen molar-refractivity contribution < 1.29 is 22.7 Å². The Labute approximate surface area is 211 Å². The third-order valence-electron chi connectivity index (χ3n) is 6.30. The Morgan fingerprint density at radius 1 is 1.22 bits per heavy atom. The lowest BCUT2D eigenvalue weighted by Gasteiger charge is -2.43. The fourth-order valence-electron chi connectivity index (χ4n) is 4.47. The number of aromatic nitrogens is 4. The molecule has 8 nitrogen and oxygen atoms in total. The van der Waals surface area contributed by atoms with Crippen molar-refractivity contribution in [3.8, 4) is 0 Å². The molecule has 1 N–H and O–H groups in total. The van der Waals surface area contributed by atoms with Gasteiger partial charge >= 0.3 is 12.3 Å². The second-order valence-corrected chi connectivity index (χ2v) is 8.98. The molecule has 0 bridgehead atoms. The van der Waals surface area contributed by atoms with Gasteiger partial charge in [0.25, 0.3) is 0 Å². The first-order chi connectivity index (χ1) is 17.1. The van der Waals surface area contributed by atoms with Crippen LogP contribution in [-0.2, 0) is 10.9 Å². The smallest absolute Gasteiger partial charge is 0.416 e. The Bertz CT molecular complexity index is 1220. The van der Waals surface area contributed by atoms with Gasteiger partial charge in [-0.05, 0) is 55.7 Å². The van der Waals surface area contributed by atoms with Crippen LogP contribution in [0.5, 0.6) is 0 Å². The van der Waals surface area contributed by atoms with Gasteiger partial charge in [0, 0.05) is 18.1 Å². The number of aromatic amines is 1. The van der Waals surface area contributed by atoms with E-state index in [9.17, 15) is 18.0 Å². The molecule has 4 rings (SSSR count). The summed E-state index contributed by atoms with van der Waals surface area (Å²) in [7, 11) is 0. The number of anilines is 2. The third kappa shape index (κ3) is 5.11. The molecule has 1 aromatic heterocycles. The number of benzene rings is 2. The Morgan fingerprint density at radius 3 is 2.61 bits per heavy atom. The van der Waals surface area contributed by atoms with Crippen molar-refractivity contribution >= 4 is 29.1 Å². The number of nitrogens with zero attached hydrogens (tertiary/aromatic N) is 5. The Morgan fingerprint density at radius 2 is 2.00 bits per heavy atom. The van der Waals surface area contributed by atoms with E-state index in [1.807, 2.05) is 30.9 Å². The molecule has 2 unspecified atom stereocenters. The summed E-state index contributed by atoms with van der Waals surface area (Å²) in [6.07, 6.45) is -4.56. The molecule has 3 aromatic rings. The van der Waals surface area contributed by atoms with E-state index in [1.54, 1.807) is 13.0 Å². The van der Waals surface area contributed by atoms with Crippen molar-refractivity contribution in [3.63, 3.8) is 0 Å². The van der Waals surface area contributed by atoms with E-state index in [0.29, 0.717) is 29.5 Å².